The summed E-state index contributed by atoms with van der Waals surface area (Å²) < 4.78 is 42.6. The Morgan fingerprint density at radius 2 is 1.58 bits per heavy atom. The number of hydrogen-bond donors (Lipinski definition) is 2. The van der Waals surface area contributed by atoms with E-state index in [0.717, 1.165) is 11.1 Å². The summed E-state index contributed by atoms with van der Waals surface area (Å²) in [5.41, 5.74) is 1.77. The molecule has 0 aliphatic rings. The number of nitrogens with one attached hydrogen (secondary N) is 2. The standard InChI is InChI=1S/C18H17F3N2O3/c1-11-6-5-9-15(12(11)2)26-10-16(24)22-13-7-3-4-8-14(13)23-17(25)18(19,20)21/h3-9H,10H2,1-2H3,(H,22,24)(H,23,25). The van der Waals surface area contributed by atoms with Crippen molar-refractivity contribution < 1.29 is 27.5 Å². The smallest absolute Gasteiger partial charge is 0.471 e. The predicted molar refractivity (Wildman–Crippen MR) is 91.2 cm³/mol. The fourth-order valence-corrected chi connectivity index (χ4v) is 2.10. The van der Waals surface area contributed by atoms with E-state index in [1.807, 2.05) is 19.9 Å². The van der Waals surface area contributed by atoms with Crippen molar-refractivity contribution in [1.82, 2.24) is 0 Å². The largest absolute Gasteiger partial charge is 0.483 e. The van der Waals surface area contributed by atoms with Crippen LogP contribution >= 0.6 is 0 Å². The second-order valence-electron chi connectivity index (χ2n) is 5.53. The van der Waals surface area contributed by atoms with Crippen molar-refractivity contribution in [2.75, 3.05) is 17.2 Å². The molecule has 0 fully saturated rings. The van der Waals surface area contributed by atoms with E-state index in [0.29, 0.717) is 5.75 Å². The zero-order valence-corrected chi connectivity index (χ0v) is 14.1. The van der Waals surface area contributed by atoms with E-state index in [9.17, 15) is 22.8 Å². The lowest BCUT2D eigenvalue weighted by Gasteiger charge is -2.14. The molecule has 2 aromatic carbocycles. The summed E-state index contributed by atoms with van der Waals surface area (Å²) in [6, 6.07) is 11.0. The minimum atomic E-state index is -5.02. The number of halogens is 3. The molecule has 8 heteroatoms. The first kappa shape index (κ1) is 19.3. The van der Waals surface area contributed by atoms with Gasteiger partial charge in [0.15, 0.2) is 6.61 Å². The quantitative estimate of drug-likeness (QED) is 0.845. The molecule has 2 amide bonds. The first-order valence-electron chi connectivity index (χ1n) is 7.64. The van der Waals surface area contributed by atoms with E-state index in [1.165, 1.54) is 24.3 Å². The molecule has 0 spiro atoms. The van der Waals surface area contributed by atoms with Crippen LogP contribution in [0.2, 0.25) is 0 Å². The van der Waals surface area contributed by atoms with Crippen LogP contribution in [0.5, 0.6) is 5.75 Å². The third-order valence-electron chi connectivity index (χ3n) is 3.62. The van der Waals surface area contributed by atoms with Crippen LogP contribution in [0, 0.1) is 13.8 Å². The molecule has 0 saturated heterocycles. The lowest BCUT2D eigenvalue weighted by Crippen LogP contribution is -2.30. The lowest BCUT2D eigenvalue weighted by atomic mass is 10.1. The monoisotopic (exact) mass is 366 g/mol. The number of para-hydroxylation sites is 2. The van der Waals surface area contributed by atoms with E-state index >= 15 is 0 Å². The predicted octanol–water partition coefficient (Wildman–Crippen LogP) is 3.82. The van der Waals surface area contributed by atoms with Gasteiger partial charge in [-0.1, -0.05) is 24.3 Å². The van der Waals surface area contributed by atoms with Gasteiger partial charge in [-0.3, -0.25) is 9.59 Å². The third-order valence-corrected chi connectivity index (χ3v) is 3.62. The summed E-state index contributed by atoms with van der Waals surface area (Å²) in [7, 11) is 0. The van der Waals surface area contributed by atoms with Crippen LogP contribution < -0.4 is 15.4 Å². The van der Waals surface area contributed by atoms with Gasteiger partial charge in [0, 0.05) is 0 Å². The van der Waals surface area contributed by atoms with Crippen molar-refractivity contribution in [2.24, 2.45) is 0 Å². The number of carbonyl (C=O) groups excluding carboxylic acids is 2. The number of alkyl halides is 3. The molecule has 2 aromatic rings. The Morgan fingerprint density at radius 1 is 0.962 bits per heavy atom. The summed E-state index contributed by atoms with van der Waals surface area (Å²) in [6.45, 7) is 3.43. The van der Waals surface area contributed by atoms with E-state index in [1.54, 1.807) is 17.4 Å². The second kappa shape index (κ2) is 7.90. The Labute approximate surface area is 148 Å². The van der Waals surface area contributed by atoms with Crippen LogP contribution in [0.1, 0.15) is 11.1 Å². The average molecular weight is 366 g/mol. The highest BCUT2D eigenvalue weighted by molar-refractivity contribution is 6.01. The van der Waals surface area contributed by atoms with Crippen LogP contribution in [0.3, 0.4) is 0 Å². The van der Waals surface area contributed by atoms with Crippen LogP contribution in [-0.2, 0) is 9.59 Å². The molecule has 0 bridgehead atoms. The molecule has 26 heavy (non-hydrogen) atoms. The highest BCUT2D eigenvalue weighted by Crippen LogP contribution is 2.25. The van der Waals surface area contributed by atoms with Crippen molar-refractivity contribution in [3.05, 3.63) is 53.6 Å². The SMILES string of the molecule is Cc1cccc(OCC(=O)Nc2ccccc2NC(=O)C(F)(F)F)c1C. The highest BCUT2D eigenvalue weighted by atomic mass is 19.4. The Bertz CT molecular complexity index is 820. The molecule has 138 valence electrons. The molecule has 5 nitrogen and oxygen atoms in total. The molecule has 0 heterocycles. The van der Waals surface area contributed by atoms with E-state index in [2.05, 4.69) is 5.32 Å². The molecule has 0 aliphatic heterocycles. The third kappa shape index (κ3) is 4.98. The second-order valence-corrected chi connectivity index (χ2v) is 5.53. The molecule has 0 aromatic heterocycles. The Kier molecular flexibility index (Phi) is 5.86. The molecule has 2 rings (SSSR count). The first-order valence-corrected chi connectivity index (χ1v) is 7.64. The van der Waals surface area contributed by atoms with E-state index < -0.39 is 18.0 Å². The molecule has 0 atom stereocenters. The van der Waals surface area contributed by atoms with Gasteiger partial charge in [0.05, 0.1) is 11.4 Å². The lowest BCUT2D eigenvalue weighted by molar-refractivity contribution is -0.167. The minimum absolute atomic E-state index is 0.0414. The van der Waals surface area contributed by atoms with Gasteiger partial charge < -0.3 is 15.4 Å². The number of anilines is 2. The Morgan fingerprint density at radius 3 is 2.19 bits per heavy atom. The zero-order valence-electron chi connectivity index (χ0n) is 14.1. The maximum absolute atomic E-state index is 12.4. The van der Waals surface area contributed by atoms with Gasteiger partial charge in [-0.2, -0.15) is 13.2 Å². The molecule has 0 radical (unpaired) electrons. The number of ether oxygens (including phenoxy) is 1. The summed E-state index contributed by atoms with van der Waals surface area (Å²) in [5, 5.41) is 4.15. The molecule has 0 saturated carbocycles. The van der Waals surface area contributed by atoms with E-state index in [4.69, 9.17) is 4.74 Å². The molecular weight excluding hydrogens is 349 g/mol. The number of rotatable bonds is 5. The van der Waals surface area contributed by atoms with Crippen molar-refractivity contribution in [3.63, 3.8) is 0 Å². The summed E-state index contributed by atoms with van der Waals surface area (Å²) in [4.78, 5) is 23.1. The van der Waals surface area contributed by atoms with Crippen LogP contribution in [0.15, 0.2) is 42.5 Å². The number of benzene rings is 2. The van der Waals surface area contributed by atoms with Crippen LogP contribution in [0.4, 0.5) is 24.5 Å². The van der Waals surface area contributed by atoms with Gasteiger partial charge >= 0.3 is 12.1 Å². The normalized spacial score (nSPS) is 11.0. The van der Waals surface area contributed by atoms with Gasteiger partial charge in [0.2, 0.25) is 0 Å². The number of aryl methyl sites for hydroxylation is 1. The topological polar surface area (TPSA) is 67.4 Å². The van der Waals surface area contributed by atoms with Gasteiger partial charge in [-0.05, 0) is 43.2 Å². The maximum Gasteiger partial charge on any atom is 0.471 e. The summed E-state index contributed by atoms with van der Waals surface area (Å²) >= 11 is 0. The fraction of sp³-hybridized carbons (Fsp3) is 0.222. The first-order chi connectivity index (χ1) is 12.2. The van der Waals surface area contributed by atoms with Crippen molar-refractivity contribution >= 4 is 23.2 Å². The van der Waals surface area contributed by atoms with E-state index in [-0.39, 0.29) is 18.0 Å². The van der Waals surface area contributed by atoms with Crippen molar-refractivity contribution in [1.29, 1.82) is 0 Å². The Hall–Kier alpha value is -3.03. The van der Waals surface area contributed by atoms with Gasteiger partial charge in [0.1, 0.15) is 5.75 Å². The number of carbonyl (C=O) groups is 2. The zero-order chi connectivity index (χ0) is 19.3. The maximum atomic E-state index is 12.4. The summed E-state index contributed by atoms with van der Waals surface area (Å²) in [6.07, 6.45) is -5.02. The molecule has 0 aliphatic carbocycles. The van der Waals surface area contributed by atoms with Crippen LogP contribution in [0.25, 0.3) is 0 Å². The van der Waals surface area contributed by atoms with Crippen molar-refractivity contribution in [2.45, 2.75) is 20.0 Å². The fourth-order valence-electron chi connectivity index (χ4n) is 2.10. The summed E-state index contributed by atoms with van der Waals surface area (Å²) in [5.74, 6) is -2.15. The minimum Gasteiger partial charge on any atom is -0.483 e. The molecule has 2 N–H and O–H groups in total. The number of hydrogen-bond acceptors (Lipinski definition) is 3. The molecular formula is C18H17F3N2O3. The van der Waals surface area contributed by atoms with Gasteiger partial charge in [-0.25, -0.2) is 0 Å². The molecule has 0 unspecified atom stereocenters. The highest BCUT2D eigenvalue weighted by Gasteiger charge is 2.39. The Balaban J connectivity index is 2.03. The van der Waals surface area contributed by atoms with Crippen molar-refractivity contribution in [3.8, 4) is 5.75 Å². The van der Waals surface area contributed by atoms with Crippen LogP contribution in [-0.4, -0.2) is 24.6 Å². The number of amides is 2. The van der Waals surface area contributed by atoms with Gasteiger partial charge in [-0.15, -0.1) is 0 Å². The average Bonchev–Trinajstić information content (AvgIpc) is 2.57. The van der Waals surface area contributed by atoms with Gasteiger partial charge in [0.25, 0.3) is 5.91 Å².